The Balaban J connectivity index is 1.62. The van der Waals surface area contributed by atoms with Gasteiger partial charge < -0.3 is 5.32 Å². The lowest BCUT2D eigenvalue weighted by Gasteiger charge is -2.31. The van der Waals surface area contributed by atoms with Crippen molar-refractivity contribution in [3.63, 3.8) is 0 Å². The number of nitrogens with one attached hydrogen (secondary N) is 1. The first-order chi connectivity index (χ1) is 12.5. The molecule has 3 rings (SSSR count). The average molecular weight is 377 g/mol. The van der Waals surface area contributed by atoms with Gasteiger partial charge in [-0.05, 0) is 42.7 Å². The van der Waals surface area contributed by atoms with E-state index in [9.17, 15) is 17.6 Å². The van der Waals surface area contributed by atoms with Crippen molar-refractivity contribution >= 4 is 15.9 Å². The predicted molar refractivity (Wildman–Crippen MR) is 94.0 cm³/mol. The van der Waals surface area contributed by atoms with Crippen molar-refractivity contribution in [3.8, 4) is 0 Å². The molecule has 1 amide bonds. The number of amides is 1. The van der Waals surface area contributed by atoms with Gasteiger partial charge in [-0.25, -0.2) is 12.8 Å². The number of halogens is 1. The SMILES string of the molecule is O=C(NCc1ccc(F)cc1)[C@@H]1CCCN(S(=O)(=O)c2cccnc2)C1. The molecule has 2 aromatic rings. The van der Waals surface area contributed by atoms with Gasteiger partial charge in [0.2, 0.25) is 15.9 Å². The number of benzene rings is 1. The summed E-state index contributed by atoms with van der Waals surface area (Å²) in [5.74, 6) is -0.931. The van der Waals surface area contributed by atoms with Gasteiger partial charge in [0.15, 0.2) is 0 Å². The highest BCUT2D eigenvalue weighted by atomic mass is 32.2. The van der Waals surface area contributed by atoms with Crippen LogP contribution >= 0.6 is 0 Å². The Morgan fingerprint density at radius 2 is 2.04 bits per heavy atom. The fourth-order valence-corrected chi connectivity index (χ4v) is 4.45. The van der Waals surface area contributed by atoms with Crippen LogP contribution in [0.15, 0.2) is 53.7 Å². The van der Waals surface area contributed by atoms with E-state index >= 15 is 0 Å². The Labute approximate surface area is 152 Å². The molecule has 0 spiro atoms. The van der Waals surface area contributed by atoms with E-state index in [2.05, 4.69) is 10.3 Å². The van der Waals surface area contributed by atoms with Crippen LogP contribution in [0.1, 0.15) is 18.4 Å². The van der Waals surface area contributed by atoms with Gasteiger partial charge in [0.1, 0.15) is 10.7 Å². The standard InChI is InChI=1S/C18H20FN3O3S/c19-16-7-5-14(6-8-16)11-21-18(23)15-3-2-10-22(13-15)26(24,25)17-4-1-9-20-12-17/h1,4-9,12,15H,2-3,10-11,13H2,(H,21,23)/t15-/m1/s1. The Hall–Kier alpha value is -2.32. The summed E-state index contributed by atoms with van der Waals surface area (Å²) in [6.07, 6.45) is 4.08. The maximum atomic E-state index is 12.9. The number of hydrogen-bond acceptors (Lipinski definition) is 4. The molecule has 0 radical (unpaired) electrons. The smallest absolute Gasteiger partial charge is 0.244 e. The molecule has 0 unspecified atom stereocenters. The van der Waals surface area contributed by atoms with Crippen molar-refractivity contribution in [2.75, 3.05) is 13.1 Å². The molecule has 1 saturated heterocycles. The second-order valence-corrected chi connectivity index (χ2v) is 8.17. The number of carbonyl (C=O) groups is 1. The highest BCUT2D eigenvalue weighted by Gasteiger charge is 2.33. The van der Waals surface area contributed by atoms with Crippen LogP contribution in [-0.2, 0) is 21.4 Å². The monoisotopic (exact) mass is 377 g/mol. The highest BCUT2D eigenvalue weighted by Crippen LogP contribution is 2.23. The molecule has 8 heteroatoms. The zero-order valence-corrected chi connectivity index (χ0v) is 15.0. The lowest BCUT2D eigenvalue weighted by atomic mass is 9.99. The first kappa shape index (κ1) is 18.5. The first-order valence-electron chi connectivity index (χ1n) is 8.39. The first-order valence-corrected chi connectivity index (χ1v) is 9.83. The second-order valence-electron chi connectivity index (χ2n) is 6.24. The Morgan fingerprint density at radius 1 is 1.27 bits per heavy atom. The molecule has 1 atom stereocenters. The van der Waals surface area contributed by atoms with E-state index in [0.29, 0.717) is 19.4 Å². The van der Waals surface area contributed by atoms with Crippen LogP contribution in [0.5, 0.6) is 0 Å². The molecule has 1 aliphatic heterocycles. The number of hydrogen-bond donors (Lipinski definition) is 1. The normalized spacial score (nSPS) is 18.4. The summed E-state index contributed by atoms with van der Waals surface area (Å²) in [4.78, 5) is 16.4. The third-order valence-corrected chi connectivity index (χ3v) is 6.26. The van der Waals surface area contributed by atoms with Gasteiger partial charge >= 0.3 is 0 Å². The van der Waals surface area contributed by atoms with Crippen LogP contribution in [0.4, 0.5) is 4.39 Å². The molecule has 1 fully saturated rings. The molecule has 1 aromatic carbocycles. The summed E-state index contributed by atoms with van der Waals surface area (Å²) in [5.41, 5.74) is 0.787. The van der Waals surface area contributed by atoms with Crippen LogP contribution in [-0.4, -0.2) is 36.7 Å². The van der Waals surface area contributed by atoms with Crippen LogP contribution in [0.2, 0.25) is 0 Å². The lowest BCUT2D eigenvalue weighted by molar-refractivity contribution is -0.126. The van der Waals surface area contributed by atoms with Crippen LogP contribution < -0.4 is 5.32 Å². The maximum absolute atomic E-state index is 12.9. The van der Waals surface area contributed by atoms with Crippen molar-refractivity contribution in [1.29, 1.82) is 0 Å². The summed E-state index contributed by atoms with van der Waals surface area (Å²) in [6, 6.07) is 8.96. The Kier molecular flexibility index (Phi) is 5.63. The summed E-state index contributed by atoms with van der Waals surface area (Å²) < 4.78 is 39.6. The van der Waals surface area contributed by atoms with Crippen molar-refractivity contribution in [1.82, 2.24) is 14.6 Å². The van der Waals surface area contributed by atoms with Gasteiger partial charge in [0.05, 0.1) is 5.92 Å². The third-order valence-electron chi connectivity index (χ3n) is 4.41. The molecule has 26 heavy (non-hydrogen) atoms. The van der Waals surface area contributed by atoms with E-state index in [1.54, 1.807) is 18.2 Å². The fraction of sp³-hybridized carbons (Fsp3) is 0.333. The molecule has 1 N–H and O–H groups in total. The number of nitrogens with zero attached hydrogens (tertiary/aromatic N) is 2. The zero-order chi connectivity index (χ0) is 18.6. The number of sulfonamides is 1. The molecule has 0 saturated carbocycles. The Morgan fingerprint density at radius 3 is 2.73 bits per heavy atom. The van der Waals surface area contributed by atoms with E-state index in [-0.39, 0.29) is 29.7 Å². The predicted octanol–water partition coefficient (Wildman–Crippen LogP) is 1.94. The topological polar surface area (TPSA) is 79.4 Å². The average Bonchev–Trinajstić information content (AvgIpc) is 2.68. The van der Waals surface area contributed by atoms with Crippen molar-refractivity contribution < 1.29 is 17.6 Å². The van der Waals surface area contributed by atoms with Gasteiger partial charge in [-0.1, -0.05) is 12.1 Å². The van der Waals surface area contributed by atoms with Gasteiger partial charge in [-0.3, -0.25) is 9.78 Å². The molecule has 2 heterocycles. The molecular formula is C18H20FN3O3S. The van der Waals surface area contributed by atoms with Crippen LogP contribution in [0, 0.1) is 11.7 Å². The third kappa shape index (κ3) is 4.25. The van der Waals surface area contributed by atoms with Crippen LogP contribution in [0.3, 0.4) is 0 Å². The maximum Gasteiger partial charge on any atom is 0.244 e. The van der Waals surface area contributed by atoms with Crippen molar-refractivity contribution in [2.24, 2.45) is 5.92 Å². The minimum absolute atomic E-state index is 0.132. The number of carbonyl (C=O) groups excluding carboxylic acids is 1. The largest absolute Gasteiger partial charge is 0.352 e. The minimum Gasteiger partial charge on any atom is -0.352 e. The van der Waals surface area contributed by atoms with Crippen molar-refractivity contribution in [3.05, 3.63) is 60.2 Å². The minimum atomic E-state index is -3.65. The molecule has 1 aliphatic rings. The molecule has 1 aromatic heterocycles. The van der Waals surface area contributed by atoms with Gasteiger partial charge in [-0.15, -0.1) is 0 Å². The quantitative estimate of drug-likeness (QED) is 0.864. The number of aromatic nitrogens is 1. The van der Waals surface area contributed by atoms with E-state index in [4.69, 9.17) is 0 Å². The second kappa shape index (κ2) is 7.92. The van der Waals surface area contributed by atoms with E-state index in [0.717, 1.165) is 5.56 Å². The van der Waals surface area contributed by atoms with Gasteiger partial charge in [0.25, 0.3) is 0 Å². The van der Waals surface area contributed by atoms with Gasteiger partial charge in [-0.2, -0.15) is 4.31 Å². The summed E-state index contributed by atoms with van der Waals surface area (Å²) in [7, 11) is -3.65. The zero-order valence-electron chi connectivity index (χ0n) is 14.1. The fourth-order valence-electron chi connectivity index (χ4n) is 2.96. The summed E-state index contributed by atoms with van der Waals surface area (Å²) in [6.45, 7) is 0.816. The van der Waals surface area contributed by atoms with E-state index < -0.39 is 15.9 Å². The Bertz CT molecular complexity index is 857. The number of pyridine rings is 1. The number of rotatable bonds is 5. The molecular weight excluding hydrogens is 357 g/mol. The summed E-state index contributed by atoms with van der Waals surface area (Å²) >= 11 is 0. The number of piperidine rings is 1. The molecule has 138 valence electrons. The van der Waals surface area contributed by atoms with E-state index in [1.165, 1.54) is 34.9 Å². The van der Waals surface area contributed by atoms with Gasteiger partial charge in [0, 0.05) is 32.0 Å². The molecule has 0 bridgehead atoms. The van der Waals surface area contributed by atoms with E-state index in [1.807, 2.05) is 0 Å². The molecule has 6 nitrogen and oxygen atoms in total. The lowest BCUT2D eigenvalue weighted by Crippen LogP contribution is -2.45. The van der Waals surface area contributed by atoms with Crippen LogP contribution in [0.25, 0.3) is 0 Å². The van der Waals surface area contributed by atoms with Crippen molar-refractivity contribution in [2.45, 2.75) is 24.3 Å². The highest BCUT2D eigenvalue weighted by molar-refractivity contribution is 7.89. The summed E-state index contributed by atoms with van der Waals surface area (Å²) in [5, 5.41) is 2.80. The molecule has 0 aliphatic carbocycles.